The van der Waals surface area contributed by atoms with Gasteiger partial charge in [0.25, 0.3) is 40.5 Å². The predicted molar refractivity (Wildman–Crippen MR) is 230 cm³/mol. The van der Waals surface area contributed by atoms with Gasteiger partial charge in [-0.25, -0.2) is 0 Å². The predicted octanol–water partition coefficient (Wildman–Crippen LogP) is 6.89. The summed E-state index contributed by atoms with van der Waals surface area (Å²) in [6.45, 7) is -0.137. The summed E-state index contributed by atoms with van der Waals surface area (Å²) in [5, 5.41) is 33.6. The van der Waals surface area contributed by atoms with Crippen molar-refractivity contribution in [3.63, 3.8) is 0 Å². The highest BCUT2D eigenvalue weighted by atomic mass is 32.2. The minimum absolute atomic E-state index is 0.0538. The van der Waals surface area contributed by atoms with Crippen LogP contribution >= 0.6 is 0 Å². The number of aromatic nitrogens is 3. The van der Waals surface area contributed by atoms with Gasteiger partial charge in [0, 0.05) is 39.5 Å². The van der Waals surface area contributed by atoms with Crippen molar-refractivity contribution in [2.75, 3.05) is 29.1 Å². The Morgan fingerprint density at radius 2 is 0.781 bits per heavy atom. The van der Waals surface area contributed by atoms with Crippen molar-refractivity contribution in [2.45, 2.75) is 19.6 Å². The van der Waals surface area contributed by atoms with Crippen molar-refractivity contribution in [3.05, 3.63) is 109 Å². The van der Waals surface area contributed by atoms with Crippen LogP contribution in [0.25, 0.3) is 21.5 Å². The molecule has 0 amide bonds. The number of benzene rings is 6. The maximum atomic E-state index is 12.2. The first-order valence-corrected chi connectivity index (χ1v) is 23.6. The Kier molecular flexibility index (Phi) is 12.4. The molecule has 0 saturated carbocycles. The van der Waals surface area contributed by atoms with E-state index in [4.69, 9.17) is 0 Å². The van der Waals surface area contributed by atoms with E-state index in [9.17, 15) is 57.0 Å². The maximum absolute atomic E-state index is 12.2. The van der Waals surface area contributed by atoms with Gasteiger partial charge in [-0.05, 0) is 84.9 Å². The van der Waals surface area contributed by atoms with E-state index in [0.29, 0.717) is 11.4 Å². The summed E-state index contributed by atoms with van der Waals surface area (Å²) >= 11 is 0. The number of hydrogen-bond donors (Lipinski definition) is 8. The van der Waals surface area contributed by atoms with Gasteiger partial charge in [0.2, 0.25) is 17.8 Å². The summed E-state index contributed by atoms with van der Waals surface area (Å²) in [5.41, 5.74) is 1.14. The van der Waals surface area contributed by atoms with Gasteiger partial charge in [-0.2, -0.15) is 69.1 Å². The summed E-state index contributed by atoms with van der Waals surface area (Å²) in [7, 11) is -19.3. The Morgan fingerprint density at radius 1 is 0.422 bits per heavy atom. The highest BCUT2D eigenvalue weighted by Crippen LogP contribution is 2.36. The van der Waals surface area contributed by atoms with Gasteiger partial charge in [-0.3, -0.25) is 18.2 Å². The molecule has 64 heavy (non-hydrogen) atoms. The van der Waals surface area contributed by atoms with Crippen molar-refractivity contribution in [1.82, 2.24) is 15.0 Å². The lowest BCUT2D eigenvalue weighted by molar-refractivity contribution is 0.310. The van der Waals surface area contributed by atoms with E-state index in [2.05, 4.69) is 51.4 Å². The molecule has 0 aliphatic rings. The normalized spacial score (nSPS) is 12.6. The van der Waals surface area contributed by atoms with E-state index in [1.165, 1.54) is 60.7 Å². The van der Waals surface area contributed by atoms with Crippen molar-refractivity contribution in [1.29, 1.82) is 0 Å². The second-order valence-electron chi connectivity index (χ2n) is 13.2. The maximum Gasteiger partial charge on any atom is 0.295 e. The molecule has 27 heteroatoms. The van der Waals surface area contributed by atoms with Crippen molar-refractivity contribution in [3.8, 4) is 0 Å². The molecule has 0 aliphatic heterocycles. The number of rotatable bonds is 15. The third-order valence-corrected chi connectivity index (χ3v) is 12.4. The molecule has 1 aromatic heterocycles. The van der Waals surface area contributed by atoms with E-state index >= 15 is 0 Å². The zero-order valence-corrected chi connectivity index (χ0v) is 35.3. The molecule has 8 N–H and O–H groups in total. The van der Waals surface area contributed by atoms with E-state index in [-0.39, 0.29) is 75.3 Å². The van der Waals surface area contributed by atoms with Crippen LogP contribution in [0.1, 0.15) is 0 Å². The van der Waals surface area contributed by atoms with Crippen LogP contribution in [0, 0.1) is 0 Å². The molecule has 0 fully saturated rings. The van der Waals surface area contributed by atoms with Gasteiger partial charge in [-0.15, -0.1) is 0 Å². The topological polar surface area (TPSA) is 362 Å². The molecule has 7 rings (SSSR count). The van der Waals surface area contributed by atoms with Crippen LogP contribution in [0.4, 0.5) is 52.0 Å². The molecule has 6 aromatic carbocycles. The highest BCUT2D eigenvalue weighted by Gasteiger charge is 2.23. The summed E-state index contributed by atoms with van der Waals surface area (Å²) in [6.07, 6.45) is 0. The molecule has 0 bridgehead atoms. The Labute approximate surface area is 362 Å². The monoisotopic (exact) mass is 950 g/mol. The SMILES string of the molecule is O=S(=O)(O)c1cc(/N=N/c2ccc(Nc3nc(NCCO)nc(Nc4ccc(/N=N/c5cc(S(=O)(=O)O)c6cccc(S(=O)(=O)O)c6c5)cc4)n3)cc2)cc2c(S(=O)(=O)O)cccc12. The van der Waals surface area contributed by atoms with Gasteiger partial charge in [-0.1, -0.05) is 24.3 Å². The molecule has 0 atom stereocenters. The number of nitrogens with one attached hydrogen (secondary N) is 3. The lowest BCUT2D eigenvalue weighted by Crippen LogP contribution is -2.12. The smallest absolute Gasteiger partial charge is 0.295 e. The van der Waals surface area contributed by atoms with Crippen LogP contribution in [0.15, 0.2) is 149 Å². The second-order valence-corrected chi connectivity index (χ2v) is 18.8. The molecule has 0 radical (unpaired) electrons. The standard InChI is InChI=1S/C37H30N10O13S4/c48-16-15-38-35-41-36(39-21-7-11-23(12-8-21)44-46-25-17-29-27(33(19-25)63(55,56)57)3-1-5-31(29)61(49,50)51)43-37(42-35)40-22-9-13-24(14-10-22)45-47-26-18-30-28(34(20-26)64(58,59)60)4-2-6-32(30)62(52,53)54/h1-14,17-20,48H,15-16H2,(H,49,50,51)(H,52,53,54)(H,55,56,57)(H,58,59,60)(H3,38,39,40,41,42,43)/b46-44+,47-45+. The van der Waals surface area contributed by atoms with E-state index in [1.807, 2.05) is 0 Å². The van der Waals surface area contributed by atoms with Crippen LogP contribution in [0.2, 0.25) is 0 Å². The number of nitrogens with zero attached hydrogens (tertiary/aromatic N) is 7. The number of aliphatic hydroxyl groups excluding tert-OH is 1. The van der Waals surface area contributed by atoms with Gasteiger partial charge < -0.3 is 21.1 Å². The Hall–Kier alpha value is -6.95. The minimum atomic E-state index is -4.86. The third-order valence-electron chi connectivity index (χ3n) is 8.76. The molecule has 7 aromatic rings. The quantitative estimate of drug-likeness (QED) is 0.0383. The molecule has 0 spiro atoms. The van der Waals surface area contributed by atoms with Gasteiger partial charge in [0.05, 0.1) is 29.4 Å². The molecule has 330 valence electrons. The van der Waals surface area contributed by atoms with E-state index in [0.717, 1.165) is 24.3 Å². The van der Waals surface area contributed by atoms with Crippen LogP contribution in [-0.4, -0.2) is 85.1 Å². The second kappa shape index (κ2) is 17.7. The number of azo groups is 2. The largest absolute Gasteiger partial charge is 0.395 e. The van der Waals surface area contributed by atoms with Gasteiger partial charge in [0.1, 0.15) is 19.6 Å². The Balaban J connectivity index is 1.09. The average molecular weight is 951 g/mol. The average Bonchev–Trinajstić information content (AvgIpc) is 3.22. The number of hydrogen-bond acceptors (Lipinski definition) is 19. The fourth-order valence-corrected chi connectivity index (χ4v) is 8.90. The zero-order valence-electron chi connectivity index (χ0n) is 32.1. The van der Waals surface area contributed by atoms with Crippen LogP contribution < -0.4 is 16.0 Å². The molecule has 1 heterocycles. The fourth-order valence-electron chi connectivity index (χ4n) is 6.06. The first-order valence-electron chi connectivity index (χ1n) is 17.9. The van der Waals surface area contributed by atoms with E-state index < -0.39 is 60.1 Å². The first-order chi connectivity index (χ1) is 30.2. The highest BCUT2D eigenvalue weighted by molar-refractivity contribution is 7.87. The van der Waals surface area contributed by atoms with Crippen LogP contribution in [-0.2, 0) is 40.5 Å². The molecular weight excluding hydrogens is 921 g/mol. The third kappa shape index (κ3) is 10.6. The van der Waals surface area contributed by atoms with Gasteiger partial charge in [0.15, 0.2) is 0 Å². The van der Waals surface area contributed by atoms with Crippen LogP contribution in [0.5, 0.6) is 0 Å². The van der Waals surface area contributed by atoms with E-state index in [1.54, 1.807) is 24.3 Å². The molecule has 0 unspecified atom stereocenters. The molecule has 0 saturated heterocycles. The molecule has 0 aliphatic carbocycles. The van der Waals surface area contributed by atoms with Crippen LogP contribution in [0.3, 0.4) is 0 Å². The number of aliphatic hydroxyl groups is 1. The zero-order chi connectivity index (χ0) is 46.0. The van der Waals surface area contributed by atoms with Crippen molar-refractivity contribution in [2.24, 2.45) is 20.5 Å². The minimum Gasteiger partial charge on any atom is -0.395 e. The number of anilines is 5. The first kappa shape index (κ1) is 45.1. The summed E-state index contributed by atoms with van der Waals surface area (Å²) < 4.78 is 136. The van der Waals surface area contributed by atoms with Gasteiger partial charge >= 0.3 is 0 Å². The Bertz CT molecular complexity index is 3260. The summed E-state index contributed by atoms with van der Waals surface area (Å²) in [6, 6.07) is 23.8. The summed E-state index contributed by atoms with van der Waals surface area (Å²) in [4.78, 5) is 10.5. The number of fused-ring (bicyclic) bond motifs is 2. The molecular formula is C37H30N10O13S4. The van der Waals surface area contributed by atoms with Crippen molar-refractivity contribution < 1.29 is 57.0 Å². The Morgan fingerprint density at radius 3 is 1.14 bits per heavy atom. The molecule has 23 nitrogen and oxygen atoms in total. The summed E-state index contributed by atoms with van der Waals surface area (Å²) in [5.74, 6) is 0.190. The lowest BCUT2D eigenvalue weighted by Gasteiger charge is -2.11. The van der Waals surface area contributed by atoms with Crippen molar-refractivity contribution >= 4 is 114 Å². The lowest BCUT2D eigenvalue weighted by atomic mass is 10.1. The fraction of sp³-hybridized carbons (Fsp3) is 0.0541.